The van der Waals surface area contributed by atoms with Crippen molar-refractivity contribution in [3.05, 3.63) is 17.5 Å². The Morgan fingerprint density at radius 2 is 2.21 bits per heavy atom. The predicted octanol–water partition coefficient (Wildman–Crippen LogP) is 1.39. The van der Waals surface area contributed by atoms with Gasteiger partial charge >= 0.3 is 0 Å². The van der Waals surface area contributed by atoms with E-state index in [1.165, 1.54) is 19.5 Å². The van der Waals surface area contributed by atoms with E-state index in [9.17, 15) is 5.11 Å². The van der Waals surface area contributed by atoms with Crippen molar-refractivity contribution < 1.29 is 9.84 Å². The molecule has 0 aromatic carbocycles. The summed E-state index contributed by atoms with van der Waals surface area (Å²) in [5.41, 5.74) is 0.389. The van der Waals surface area contributed by atoms with Crippen LogP contribution in [0.25, 0.3) is 11.0 Å². The summed E-state index contributed by atoms with van der Waals surface area (Å²) in [4.78, 5) is 11.6. The highest BCUT2D eigenvalue weighted by Crippen LogP contribution is 2.28. The number of methoxy groups -OCH3 is 1. The van der Waals surface area contributed by atoms with Crippen molar-refractivity contribution in [2.75, 3.05) is 7.11 Å². The number of halogens is 1. The largest absolute Gasteiger partial charge is 0.503 e. The Labute approximate surface area is 84.3 Å². The highest BCUT2D eigenvalue weighted by molar-refractivity contribution is 6.33. The topological polar surface area (TPSA) is 68.1 Å². The van der Waals surface area contributed by atoms with Crippen LogP contribution in [-0.2, 0) is 0 Å². The van der Waals surface area contributed by atoms with Crippen LogP contribution >= 0.6 is 11.6 Å². The Kier molecular flexibility index (Phi) is 2.09. The zero-order chi connectivity index (χ0) is 10.1. The Morgan fingerprint density at radius 1 is 1.43 bits per heavy atom. The van der Waals surface area contributed by atoms with Crippen molar-refractivity contribution in [2.45, 2.75) is 0 Å². The molecule has 0 amide bonds. The van der Waals surface area contributed by atoms with E-state index in [-0.39, 0.29) is 16.8 Å². The molecule has 72 valence electrons. The van der Waals surface area contributed by atoms with Gasteiger partial charge in [0.15, 0.2) is 11.4 Å². The van der Waals surface area contributed by atoms with Gasteiger partial charge in [0.2, 0.25) is 0 Å². The van der Waals surface area contributed by atoms with E-state index >= 15 is 0 Å². The van der Waals surface area contributed by atoms with Crippen molar-refractivity contribution in [3.63, 3.8) is 0 Å². The Morgan fingerprint density at radius 3 is 2.93 bits per heavy atom. The summed E-state index contributed by atoms with van der Waals surface area (Å²) < 4.78 is 4.83. The molecule has 5 nitrogen and oxygen atoms in total. The van der Waals surface area contributed by atoms with Gasteiger partial charge in [-0.3, -0.25) is 0 Å². The van der Waals surface area contributed by atoms with Crippen LogP contribution in [0.2, 0.25) is 5.15 Å². The lowest BCUT2D eigenvalue weighted by Gasteiger charge is -2.03. The van der Waals surface area contributed by atoms with Crippen LogP contribution in [0.4, 0.5) is 0 Å². The number of aromatic hydroxyl groups is 1. The van der Waals surface area contributed by atoms with Gasteiger partial charge in [-0.2, -0.15) is 4.98 Å². The zero-order valence-electron chi connectivity index (χ0n) is 7.23. The predicted molar refractivity (Wildman–Crippen MR) is 50.6 cm³/mol. The minimum atomic E-state index is -0.0864. The molecule has 0 spiro atoms. The van der Waals surface area contributed by atoms with E-state index in [0.29, 0.717) is 11.0 Å². The number of ether oxygens (including phenoxy) is 1. The quantitative estimate of drug-likeness (QED) is 0.722. The van der Waals surface area contributed by atoms with Gasteiger partial charge < -0.3 is 9.84 Å². The zero-order valence-corrected chi connectivity index (χ0v) is 7.99. The number of aromatic nitrogens is 3. The molecule has 2 aromatic heterocycles. The molecule has 2 aromatic rings. The fourth-order valence-electron chi connectivity index (χ4n) is 1.08. The minimum Gasteiger partial charge on any atom is -0.503 e. The van der Waals surface area contributed by atoms with Crippen LogP contribution in [-0.4, -0.2) is 27.2 Å². The van der Waals surface area contributed by atoms with Crippen LogP contribution in [0.5, 0.6) is 11.6 Å². The van der Waals surface area contributed by atoms with E-state index in [0.717, 1.165) is 0 Å². The first kappa shape index (κ1) is 8.96. The standard InChI is InChI=1S/C8H6ClN3O2/c1-14-8-5(13)2-4-6(9)10-3-11-7(4)12-8/h2-3,13H,1H3. The third-order valence-electron chi connectivity index (χ3n) is 1.72. The highest BCUT2D eigenvalue weighted by atomic mass is 35.5. The average Bonchev–Trinajstić information content (AvgIpc) is 2.19. The molecule has 0 unspecified atom stereocenters. The fourth-order valence-corrected chi connectivity index (χ4v) is 1.26. The molecule has 2 heterocycles. The second kappa shape index (κ2) is 3.26. The van der Waals surface area contributed by atoms with Gasteiger partial charge in [0.25, 0.3) is 5.88 Å². The number of rotatable bonds is 1. The number of fused-ring (bicyclic) bond motifs is 1. The van der Waals surface area contributed by atoms with E-state index < -0.39 is 0 Å². The molecule has 0 aliphatic rings. The number of pyridine rings is 1. The van der Waals surface area contributed by atoms with Gasteiger partial charge in [-0.15, -0.1) is 0 Å². The van der Waals surface area contributed by atoms with Crippen LogP contribution in [0, 0.1) is 0 Å². The van der Waals surface area contributed by atoms with Crippen LogP contribution in [0.1, 0.15) is 0 Å². The summed E-state index contributed by atoms with van der Waals surface area (Å²) in [5, 5.41) is 10.2. The normalized spacial score (nSPS) is 10.4. The summed E-state index contributed by atoms with van der Waals surface area (Å²) in [6.07, 6.45) is 1.30. The van der Waals surface area contributed by atoms with Crippen LogP contribution < -0.4 is 4.74 Å². The second-order valence-corrected chi connectivity index (χ2v) is 2.91. The molecule has 14 heavy (non-hydrogen) atoms. The van der Waals surface area contributed by atoms with Crippen molar-refractivity contribution in [2.24, 2.45) is 0 Å². The van der Waals surface area contributed by atoms with Crippen molar-refractivity contribution in [1.29, 1.82) is 0 Å². The van der Waals surface area contributed by atoms with Gasteiger partial charge in [0.1, 0.15) is 11.5 Å². The maximum absolute atomic E-state index is 9.43. The molecule has 0 saturated carbocycles. The Balaban J connectivity index is 2.79. The van der Waals surface area contributed by atoms with E-state index in [2.05, 4.69) is 15.0 Å². The number of nitrogens with zero attached hydrogens (tertiary/aromatic N) is 3. The SMILES string of the molecule is COc1nc2ncnc(Cl)c2cc1O. The molecule has 0 bridgehead atoms. The lowest BCUT2D eigenvalue weighted by atomic mass is 10.3. The minimum absolute atomic E-state index is 0.0864. The molecular weight excluding hydrogens is 206 g/mol. The molecule has 0 fully saturated rings. The van der Waals surface area contributed by atoms with Crippen LogP contribution in [0.3, 0.4) is 0 Å². The molecule has 0 saturated heterocycles. The van der Waals surface area contributed by atoms with Crippen molar-refractivity contribution in [3.8, 4) is 11.6 Å². The maximum atomic E-state index is 9.43. The summed E-state index contributed by atoms with van der Waals surface area (Å²) in [6, 6.07) is 1.42. The maximum Gasteiger partial charge on any atom is 0.258 e. The molecule has 6 heteroatoms. The van der Waals surface area contributed by atoms with Gasteiger partial charge in [-0.05, 0) is 6.07 Å². The first-order valence-electron chi connectivity index (χ1n) is 3.76. The van der Waals surface area contributed by atoms with Gasteiger partial charge in [-0.1, -0.05) is 11.6 Å². The van der Waals surface area contributed by atoms with Gasteiger partial charge in [-0.25, -0.2) is 9.97 Å². The lowest BCUT2D eigenvalue weighted by molar-refractivity contribution is 0.360. The van der Waals surface area contributed by atoms with Crippen molar-refractivity contribution >= 4 is 22.6 Å². The molecule has 0 aliphatic heterocycles. The number of hydrogen-bond acceptors (Lipinski definition) is 5. The summed E-state index contributed by atoms with van der Waals surface area (Å²) >= 11 is 5.78. The monoisotopic (exact) mass is 211 g/mol. The molecule has 1 N–H and O–H groups in total. The third-order valence-corrected chi connectivity index (χ3v) is 2.02. The lowest BCUT2D eigenvalue weighted by Crippen LogP contribution is -1.92. The first-order chi connectivity index (χ1) is 6.72. The fraction of sp³-hybridized carbons (Fsp3) is 0.125. The smallest absolute Gasteiger partial charge is 0.258 e. The van der Waals surface area contributed by atoms with Crippen LogP contribution in [0.15, 0.2) is 12.4 Å². The van der Waals surface area contributed by atoms with E-state index in [4.69, 9.17) is 16.3 Å². The second-order valence-electron chi connectivity index (χ2n) is 2.55. The summed E-state index contributed by atoms with van der Waals surface area (Å²) in [7, 11) is 1.41. The summed E-state index contributed by atoms with van der Waals surface area (Å²) in [5.74, 6) is 0.0315. The van der Waals surface area contributed by atoms with Gasteiger partial charge in [0.05, 0.1) is 12.5 Å². The third kappa shape index (κ3) is 1.31. The van der Waals surface area contributed by atoms with E-state index in [1.54, 1.807) is 0 Å². The Hall–Kier alpha value is -1.62. The Bertz CT molecular complexity index is 489. The molecular formula is C8H6ClN3O2. The summed E-state index contributed by atoms with van der Waals surface area (Å²) in [6.45, 7) is 0. The molecule has 0 radical (unpaired) electrons. The van der Waals surface area contributed by atoms with Crippen molar-refractivity contribution in [1.82, 2.24) is 15.0 Å². The highest BCUT2D eigenvalue weighted by Gasteiger charge is 2.09. The molecule has 0 atom stereocenters. The van der Waals surface area contributed by atoms with Gasteiger partial charge in [0, 0.05) is 0 Å². The van der Waals surface area contributed by atoms with E-state index in [1.807, 2.05) is 0 Å². The molecule has 2 rings (SSSR count). The average molecular weight is 212 g/mol. The number of hydrogen-bond donors (Lipinski definition) is 1. The molecule has 0 aliphatic carbocycles. The first-order valence-corrected chi connectivity index (χ1v) is 4.14.